The normalized spacial score (nSPS) is 10.7. The SMILES string of the molecule is Clc1nc(I)nc2ncc(Br)cc12. The van der Waals surface area contributed by atoms with Gasteiger partial charge in [-0.3, -0.25) is 0 Å². The predicted molar refractivity (Wildman–Crippen MR) is 62.8 cm³/mol. The predicted octanol–water partition coefficient (Wildman–Crippen LogP) is 3.05. The summed E-state index contributed by atoms with van der Waals surface area (Å²) in [6.07, 6.45) is 1.68. The second-order valence-electron chi connectivity index (χ2n) is 2.31. The summed E-state index contributed by atoms with van der Waals surface area (Å²) in [4.78, 5) is 12.3. The van der Waals surface area contributed by atoms with E-state index in [0.29, 0.717) is 14.6 Å². The van der Waals surface area contributed by atoms with Crippen LogP contribution in [0.2, 0.25) is 5.15 Å². The lowest BCUT2D eigenvalue weighted by Crippen LogP contribution is -1.92. The van der Waals surface area contributed by atoms with Crippen molar-refractivity contribution in [1.82, 2.24) is 15.0 Å². The first-order chi connectivity index (χ1) is 6.16. The molecule has 3 nitrogen and oxygen atoms in total. The van der Waals surface area contributed by atoms with Crippen LogP contribution in [0.3, 0.4) is 0 Å². The molecule has 66 valence electrons. The average Bonchev–Trinajstić information content (AvgIpc) is 2.06. The van der Waals surface area contributed by atoms with Crippen LogP contribution in [0.1, 0.15) is 0 Å². The molecule has 0 radical (unpaired) electrons. The minimum Gasteiger partial charge on any atom is -0.235 e. The van der Waals surface area contributed by atoms with Crippen molar-refractivity contribution < 1.29 is 0 Å². The van der Waals surface area contributed by atoms with Crippen LogP contribution in [0.5, 0.6) is 0 Å². The molecule has 0 saturated heterocycles. The van der Waals surface area contributed by atoms with E-state index in [0.717, 1.165) is 9.86 Å². The van der Waals surface area contributed by atoms with Gasteiger partial charge in [0.05, 0.1) is 5.39 Å². The second-order valence-corrected chi connectivity index (χ2v) is 4.55. The van der Waals surface area contributed by atoms with Gasteiger partial charge in [-0.15, -0.1) is 0 Å². The van der Waals surface area contributed by atoms with Crippen LogP contribution in [-0.4, -0.2) is 15.0 Å². The van der Waals surface area contributed by atoms with Gasteiger partial charge in [0.2, 0.25) is 0 Å². The van der Waals surface area contributed by atoms with Crippen molar-refractivity contribution in [2.24, 2.45) is 0 Å². The Morgan fingerprint density at radius 1 is 1.38 bits per heavy atom. The van der Waals surface area contributed by atoms with E-state index >= 15 is 0 Å². The van der Waals surface area contributed by atoms with E-state index in [2.05, 4.69) is 30.9 Å². The summed E-state index contributed by atoms with van der Waals surface area (Å²) in [5, 5.41) is 1.19. The van der Waals surface area contributed by atoms with Gasteiger partial charge in [0.1, 0.15) is 5.15 Å². The lowest BCUT2D eigenvalue weighted by molar-refractivity contribution is 1.12. The lowest BCUT2D eigenvalue weighted by Gasteiger charge is -1.99. The summed E-state index contributed by atoms with van der Waals surface area (Å²) in [5.41, 5.74) is 0.618. The molecule has 0 unspecified atom stereocenters. The Hall–Kier alpha value is -0.0100. The molecule has 2 heterocycles. The summed E-state index contributed by atoms with van der Waals surface area (Å²) in [7, 11) is 0. The third-order valence-corrected chi connectivity index (χ3v) is 2.65. The van der Waals surface area contributed by atoms with E-state index in [4.69, 9.17) is 11.6 Å². The Kier molecular flexibility index (Phi) is 2.66. The monoisotopic (exact) mass is 369 g/mol. The molecule has 0 fully saturated rings. The molecule has 6 heteroatoms. The third kappa shape index (κ3) is 1.92. The average molecular weight is 370 g/mol. The Balaban J connectivity index is 2.87. The summed E-state index contributed by atoms with van der Waals surface area (Å²) in [6.45, 7) is 0. The maximum absolute atomic E-state index is 5.92. The number of hydrogen-bond acceptors (Lipinski definition) is 3. The van der Waals surface area contributed by atoms with Gasteiger partial charge in [-0.25, -0.2) is 15.0 Å². The zero-order valence-electron chi connectivity index (χ0n) is 6.13. The summed E-state index contributed by atoms with van der Waals surface area (Å²) >= 11 is 11.2. The molecular formula is C7H2BrClIN3. The fraction of sp³-hybridized carbons (Fsp3) is 0. The molecule has 0 atom stereocenters. The maximum atomic E-state index is 5.92. The van der Waals surface area contributed by atoms with Gasteiger partial charge in [-0.05, 0) is 22.0 Å². The molecule has 0 aromatic carbocycles. The molecule has 2 rings (SSSR count). The molecule has 0 aliphatic carbocycles. The van der Waals surface area contributed by atoms with E-state index < -0.39 is 0 Å². The molecule has 0 N–H and O–H groups in total. The Morgan fingerprint density at radius 3 is 2.92 bits per heavy atom. The van der Waals surface area contributed by atoms with Crippen LogP contribution in [0.15, 0.2) is 16.7 Å². The van der Waals surface area contributed by atoms with Crippen LogP contribution in [0.4, 0.5) is 0 Å². The van der Waals surface area contributed by atoms with Crippen LogP contribution >= 0.6 is 50.1 Å². The number of fused-ring (bicyclic) bond motifs is 1. The van der Waals surface area contributed by atoms with E-state index in [-0.39, 0.29) is 0 Å². The maximum Gasteiger partial charge on any atom is 0.194 e. The number of rotatable bonds is 0. The number of nitrogens with zero attached hydrogens (tertiary/aromatic N) is 3. The molecule has 2 aromatic heterocycles. The van der Waals surface area contributed by atoms with Gasteiger partial charge < -0.3 is 0 Å². The van der Waals surface area contributed by atoms with E-state index in [1.54, 1.807) is 6.20 Å². The van der Waals surface area contributed by atoms with Crippen molar-refractivity contribution in [3.63, 3.8) is 0 Å². The molecule has 0 bridgehead atoms. The molecule has 0 aliphatic rings. The first kappa shape index (κ1) is 9.54. The number of pyridine rings is 1. The molecule has 0 spiro atoms. The zero-order chi connectivity index (χ0) is 9.42. The van der Waals surface area contributed by atoms with Gasteiger partial charge in [0.15, 0.2) is 9.48 Å². The molecule has 13 heavy (non-hydrogen) atoms. The molecule has 0 aliphatic heterocycles. The van der Waals surface area contributed by atoms with Crippen molar-refractivity contribution in [2.45, 2.75) is 0 Å². The van der Waals surface area contributed by atoms with Crippen LogP contribution in [0.25, 0.3) is 11.0 Å². The molecule has 0 saturated carbocycles. The van der Waals surface area contributed by atoms with Crippen LogP contribution in [0, 0.1) is 3.83 Å². The summed E-state index contributed by atoms with van der Waals surface area (Å²) < 4.78 is 1.47. The highest BCUT2D eigenvalue weighted by molar-refractivity contribution is 14.1. The summed E-state index contributed by atoms with van der Waals surface area (Å²) in [5.74, 6) is 0. The van der Waals surface area contributed by atoms with Crippen molar-refractivity contribution in [2.75, 3.05) is 0 Å². The van der Waals surface area contributed by atoms with E-state index in [9.17, 15) is 0 Å². The van der Waals surface area contributed by atoms with Gasteiger partial charge in [0.25, 0.3) is 0 Å². The van der Waals surface area contributed by atoms with Crippen LogP contribution < -0.4 is 0 Å². The first-order valence-corrected chi connectivity index (χ1v) is 5.56. The van der Waals surface area contributed by atoms with Crippen molar-refractivity contribution in [3.05, 3.63) is 25.7 Å². The van der Waals surface area contributed by atoms with Crippen molar-refractivity contribution >= 4 is 61.2 Å². The topological polar surface area (TPSA) is 38.7 Å². The zero-order valence-corrected chi connectivity index (χ0v) is 10.6. The fourth-order valence-corrected chi connectivity index (χ4v) is 2.09. The number of halogens is 3. The minimum atomic E-state index is 0.434. The van der Waals surface area contributed by atoms with Crippen LogP contribution in [-0.2, 0) is 0 Å². The van der Waals surface area contributed by atoms with Gasteiger partial charge in [-0.2, -0.15) is 0 Å². The lowest BCUT2D eigenvalue weighted by atomic mass is 10.3. The largest absolute Gasteiger partial charge is 0.235 e. The highest BCUT2D eigenvalue weighted by Crippen LogP contribution is 2.22. The van der Waals surface area contributed by atoms with Crippen molar-refractivity contribution in [3.8, 4) is 0 Å². The second kappa shape index (κ2) is 3.62. The van der Waals surface area contributed by atoms with E-state index in [1.807, 2.05) is 28.7 Å². The van der Waals surface area contributed by atoms with Crippen molar-refractivity contribution in [1.29, 1.82) is 0 Å². The Bertz CT molecular complexity index is 476. The number of hydrogen-bond donors (Lipinski definition) is 0. The number of aromatic nitrogens is 3. The quantitative estimate of drug-likeness (QED) is 0.407. The van der Waals surface area contributed by atoms with Gasteiger partial charge in [-0.1, -0.05) is 11.6 Å². The summed E-state index contributed by atoms with van der Waals surface area (Å²) in [6, 6.07) is 1.85. The fourth-order valence-electron chi connectivity index (χ4n) is 0.927. The van der Waals surface area contributed by atoms with E-state index in [1.165, 1.54) is 0 Å². The smallest absolute Gasteiger partial charge is 0.194 e. The van der Waals surface area contributed by atoms with Gasteiger partial charge in [0, 0.05) is 33.3 Å². The Morgan fingerprint density at radius 2 is 2.15 bits per heavy atom. The minimum absolute atomic E-state index is 0.434. The standard InChI is InChI=1S/C7H2BrClIN3/c8-3-1-4-5(9)12-7(10)13-6(4)11-2-3/h1-2H. The van der Waals surface area contributed by atoms with Gasteiger partial charge >= 0.3 is 0 Å². The highest BCUT2D eigenvalue weighted by Gasteiger charge is 2.05. The highest BCUT2D eigenvalue weighted by atomic mass is 127. The molecule has 2 aromatic rings. The molecule has 0 amide bonds. The first-order valence-electron chi connectivity index (χ1n) is 3.31. The third-order valence-electron chi connectivity index (χ3n) is 1.44. The molecular weight excluding hydrogens is 368 g/mol. The Labute approximate surface area is 101 Å².